The Morgan fingerprint density at radius 2 is 2.10 bits per heavy atom. The van der Waals surface area contributed by atoms with E-state index in [9.17, 15) is 5.11 Å². The van der Waals surface area contributed by atoms with Crippen molar-refractivity contribution in [2.24, 2.45) is 11.1 Å². The number of oxime groups is 1. The van der Waals surface area contributed by atoms with Crippen LogP contribution >= 0.6 is 0 Å². The Morgan fingerprint density at radius 3 is 2.76 bits per heavy atom. The molecule has 1 aromatic rings. The fourth-order valence-corrected chi connectivity index (χ4v) is 2.99. The molecule has 2 rings (SSSR count). The summed E-state index contributed by atoms with van der Waals surface area (Å²) in [6.45, 7) is 3.99. The molecule has 0 spiro atoms. The maximum atomic E-state index is 10.1. The van der Waals surface area contributed by atoms with Gasteiger partial charge in [-0.25, -0.2) is 0 Å². The molecule has 4 heteroatoms. The first kappa shape index (κ1) is 15.8. The van der Waals surface area contributed by atoms with Gasteiger partial charge in [0, 0.05) is 5.56 Å². The molecule has 21 heavy (non-hydrogen) atoms. The average molecular weight is 291 g/mol. The molecule has 0 aromatic heterocycles. The molecule has 1 aliphatic rings. The second-order valence-corrected chi connectivity index (χ2v) is 6.04. The second kappa shape index (κ2) is 7.46. The van der Waals surface area contributed by atoms with Crippen LogP contribution in [0.5, 0.6) is 5.75 Å². The number of nitrogens with zero attached hydrogens (tertiary/aromatic N) is 1. The number of rotatable bonds is 6. The predicted molar refractivity (Wildman–Crippen MR) is 83.3 cm³/mol. The zero-order chi connectivity index (χ0) is 15.2. The van der Waals surface area contributed by atoms with Gasteiger partial charge >= 0.3 is 0 Å². The first-order chi connectivity index (χ1) is 10.1. The first-order valence-corrected chi connectivity index (χ1v) is 7.70. The molecule has 2 N–H and O–H groups in total. The minimum absolute atomic E-state index is 0.283. The van der Waals surface area contributed by atoms with Crippen LogP contribution < -0.4 is 4.74 Å². The number of hydrogen-bond donors (Lipinski definition) is 2. The van der Waals surface area contributed by atoms with Gasteiger partial charge < -0.3 is 15.1 Å². The molecule has 1 fully saturated rings. The topological polar surface area (TPSA) is 62.1 Å². The van der Waals surface area contributed by atoms with Crippen LogP contribution in [0.3, 0.4) is 0 Å². The normalized spacial score (nSPS) is 18.0. The van der Waals surface area contributed by atoms with Crippen LogP contribution in [0.1, 0.15) is 50.2 Å². The van der Waals surface area contributed by atoms with E-state index in [0.29, 0.717) is 17.4 Å². The zero-order valence-electron chi connectivity index (χ0n) is 12.9. The van der Waals surface area contributed by atoms with E-state index in [1.54, 1.807) is 6.92 Å². The first-order valence-electron chi connectivity index (χ1n) is 7.70. The molecule has 116 valence electrons. The van der Waals surface area contributed by atoms with Gasteiger partial charge in [0.05, 0.1) is 11.8 Å². The fraction of sp³-hybridized carbons (Fsp3) is 0.588. The second-order valence-electron chi connectivity index (χ2n) is 6.04. The molecule has 1 saturated carbocycles. The van der Waals surface area contributed by atoms with E-state index in [1.807, 2.05) is 25.1 Å². The van der Waals surface area contributed by atoms with E-state index in [-0.39, 0.29) is 6.61 Å². The van der Waals surface area contributed by atoms with Crippen molar-refractivity contribution >= 4 is 5.71 Å². The van der Waals surface area contributed by atoms with Crippen molar-refractivity contribution in [1.82, 2.24) is 0 Å². The highest BCUT2D eigenvalue weighted by molar-refractivity contribution is 6.00. The van der Waals surface area contributed by atoms with Crippen LogP contribution in [0.25, 0.3) is 0 Å². The minimum atomic E-state index is -0.436. The Hall–Kier alpha value is -1.55. The van der Waals surface area contributed by atoms with Crippen molar-refractivity contribution in [3.63, 3.8) is 0 Å². The number of aliphatic hydroxyl groups is 1. The lowest BCUT2D eigenvalue weighted by molar-refractivity contribution is 0.0854. The Kier molecular flexibility index (Phi) is 5.62. The van der Waals surface area contributed by atoms with Gasteiger partial charge in [0.25, 0.3) is 0 Å². The van der Waals surface area contributed by atoms with Crippen LogP contribution in [-0.2, 0) is 0 Å². The maximum Gasteiger partial charge on any atom is 0.128 e. The summed E-state index contributed by atoms with van der Waals surface area (Å²) in [5, 5.41) is 22.3. The SMILES string of the molecule is C/C(=N/O)c1cc(C)ccc1OCC(O)CC1CCCC1. The summed E-state index contributed by atoms with van der Waals surface area (Å²) in [6.07, 6.45) is 5.40. The molecule has 0 heterocycles. The number of ether oxygens (including phenoxy) is 1. The highest BCUT2D eigenvalue weighted by Gasteiger charge is 2.19. The van der Waals surface area contributed by atoms with Crippen molar-refractivity contribution in [2.75, 3.05) is 6.61 Å². The van der Waals surface area contributed by atoms with Crippen molar-refractivity contribution in [3.8, 4) is 5.75 Å². The Bertz CT molecular complexity index is 493. The van der Waals surface area contributed by atoms with Crippen LogP contribution in [0, 0.1) is 12.8 Å². The summed E-state index contributed by atoms with van der Waals surface area (Å²) in [4.78, 5) is 0. The summed E-state index contributed by atoms with van der Waals surface area (Å²) < 4.78 is 5.75. The van der Waals surface area contributed by atoms with Gasteiger partial charge in [-0.2, -0.15) is 0 Å². The summed E-state index contributed by atoms with van der Waals surface area (Å²) >= 11 is 0. The van der Waals surface area contributed by atoms with E-state index in [2.05, 4.69) is 5.16 Å². The lowest BCUT2D eigenvalue weighted by Crippen LogP contribution is -2.21. The highest BCUT2D eigenvalue weighted by Crippen LogP contribution is 2.29. The van der Waals surface area contributed by atoms with Crippen LogP contribution in [0.4, 0.5) is 0 Å². The molecule has 0 saturated heterocycles. The monoisotopic (exact) mass is 291 g/mol. The highest BCUT2D eigenvalue weighted by atomic mass is 16.5. The standard InChI is InChI=1S/C17H25NO3/c1-12-7-8-17(16(9-12)13(2)18-20)21-11-15(19)10-14-5-3-4-6-14/h7-9,14-15,19-20H,3-6,10-11H2,1-2H3/b18-13-. The molecule has 1 aromatic carbocycles. The molecular formula is C17H25NO3. The van der Waals surface area contributed by atoms with Gasteiger partial charge in [0.15, 0.2) is 0 Å². The Morgan fingerprint density at radius 1 is 1.38 bits per heavy atom. The maximum absolute atomic E-state index is 10.1. The summed E-state index contributed by atoms with van der Waals surface area (Å²) in [6, 6.07) is 5.74. The lowest BCUT2D eigenvalue weighted by atomic mass is 10.0. The average Bonchev–Trinajstić information content (AvgIpc) is 2.98. The van der Waals surface area contributed by atoms with Crippen LogP contribution in [0.15, 0.2) is 23.4 Å². The summed E-state index contributed by atoms with van der Waals surface area (Å²) in [5.41, 5.74) is 2.36. The number of benzene rings is 1. The Labute approximate surface area is 126 Å². The molecule has 0 aliphatic heterocycles. The summed E-state index contributed by atoms with van der Waals surface area (Å²) in [5.74, 6) is 1.29. The van der Waals surface area contributed by atoms with Gasteiger partial charge in [0.2, 0.25) is 0 Å². The third kappa shape index (κ3) is 4.46. The molecule has 1 aliphatic carbocycles. The molecule has 0 amide bonds. The molecular weight excluding hydrogens is 266 g/mol. The quantitative estimate of drug-likeness (QED) is 0.479. The largest absolute Gasteiger partial charge is 0.490 e. The number of aliphatic hydroxyl groups excluding tert-OH is 1. The Balaban J connectivity index is 1.95. The predicted octanol–water partition coefficient (Wildman–Crippen LogP) is 3.51. The van der Waals surface area contributed by atoms with Gasteiger partial charge in [-0.05, 0) is 38.3 Å². The summed E-state index contributed by atoms with van der Waals surface area (Å²) in [7, 11) is 0. The fourth-order valence-electron chi connectivity index (χ4n) is 2.99. The lowest BCUT2D eigenvalue weighted by Gasteiger charge is -2.17. The molecule has 4 nitrogen and oxygen atoms in total. The van der Waals surface area contributed by atoms with E-state index >= 15 is 0 Å². The van der Waals surface area contributed by atoms with Gasteiger partial charge in [-0.15, -0.1) is 0 Å². The third-order valence-corrected chi connectivity index (χ3v) is 4.19. The third-order valence-electron chi connectivity index (χ3n) is 4.19. The molecule has 0 radical (unpaired) electrons. The molecule has 1 atom stereocenters. The zero-order valence-corrected chi connectivity index (χ0v) is 12.9. The molecule has 0 bridgehead atoms. The van der Waals surface area contributed by atoms with Crippen molar-refractivity contribution in [1.29, 1.82) is 0 Å². The van der Waals surface area contributed by atoms with Crippen LogP contribution in [-0.4, -0.2) is 28.7 Å². The van der Waals surface area contributed by atoms with Gasteiger partial charge in [0.1, 0.15) is 12.4 Å². The van der Waals surface area contributed by atoms with Crippen molar-refractivity contribution in [2.45, 2.75) is 52.1 Å². The molecule has 1 unspecified atom stereocenters. The van der Waals surface area contributed by atoms with E-state index in [0.717, 1.165) is 17.5 Å². The number of hydrogen-bond acceptors (Lipinski definition) is 4. The van der Waals surface area contributed by atoms with Gasteiger partial charge in [-0.3, -0.25) is 0 Å². The van der Waals surface area contributed by atoms with Crippen molar-refractivity contribution in [3.05, 3.63) is 29.3 Å². The smallest absolute Gasteiger partial charge is 0.128 e. The van der Waals surface area contributed by atoms with Gasteiger partial charge in [-0.1, -0.05) is 42.5 Å². The van der Waals surface area contributed by atoms with E-state index in [1.165, 1.54) is 25.7 Å². The van der Waals surface area contributed by atoms with Crippen LogP contribution in [0.2, 0.25) is 0 Å². The van der Waals surface area contributed by atoms with E-state index in [4.69, 9.17) is 9.94 Å². The van der Waals surface area contributed by atoms with E-state index < -0.39 is 6.10 Å². The number of aryl methyl sites for hydroxylation is 1. The van der Waals surface area contributed by atoms with Crippen molar-refractivity contribution < 1.29 is 15.1 Å². The minimum Gasteiger partial charge on any atom is -0.490 e.